The monoisotopic (exact) mass is 245 g/mol. The van der Waals surface area contributed by atoms with Gasteiger partial charge >= 0.3 is 5.97 Å². The van der Waals surface area contributed by atoms with E-state index in [4.69, 9.17) is 16.3 Å². The summed E-state index contributed by atoms with van der Waals surface area (Å²) in [5.74, 6) is -0.796. The molecule has 0 radical (unpaired) electrons. The number of rotatable bonds is 4. The molecule has 5 heteroatoms. The Morgan fingerprint density at radius 2 is 2.25 bits per heavy atom. The average molecular weight is 246 g/mol. The zero-order valence-electron chi connectivity index (χ0n) is 9.09. The van der Waals surface area contributed by atoms with Gasteiger partial charge in [0, 0.05) is 0 Å². The third-order valence-corrected chi connectivity index (χ3v) is 2.03. The van der Waals surface area contributed by atoms with E-state index >= 15 is 0 Å². The van der Waals surface area contributed by atoms with E-state index in [1.54, 1.807) is 13.8 Å². The molecule has 0 amide bonds. The molecule has 0 aliphatic carbocycles. The van der Waals surface area contributed by atoms with Crippen molar-refractivity contribution in [2.45, 2.75) is 20.0 Å². The molecule has 0 bridgehead atoms. The lowest BCUT2D eigenvalue weighted by Crippen LogP contribution is -2.20. The Hall–Kier alpha value is -1.29. The summed E-state index contributed by atoms with van der Waals surface area (Å²) in [5.41, 5.74) is 0.503. The van der Waals surface area contributed by atoms with Crippen LogP contribution in [0.3, 0.4) is 0 Å². The van der Waals surface area contributed by atoms with Crippen LogP contribution in [0.2, 0.25) is 5.02 Å². The number of anilines is 1. The second-order valence-corrected chi connectivity index (χ2v) is 3.92. The van der Waals surface area contributed by atoms with Gasteiger partial charge in [0.15, 0.2) is 0 Å². The molecule has 1 aromatic carbocycles. The zero-order valence-corrected chi connectivity index (χ0v) is 9.84. The van der Waals surface area contributed by atoms with E-state index in [0.717, 1.165) is 0 Å². The molecule has 0 aromatic heterocycles. The van der Waals surface area contributed by atoms with Crippen LogP contribution >= 0.6 is 11.6 Å². The summed E-state index contributed by atoms with van der Waals surface area (Å²) in [6.07, 6.45) is -0.155. The lowest BCUT2D eigenvalue weighted by Gasteiger charge is -2.10. The molecule has 0 spiro atoms. The predicted octanol–water partition coefficient (Wildman–Crippen LogP) is 2.84. The zero-order chi connectivity index (χ0) is 12.1. The van der Waals surface area contributed by atoms with Gasteiger partial charge in [0.05, 0.1) is 16.8 Å². The number of nitrogens with one attached hydrogen (secondary N) is 1. The number of halogens is 2. The Morgan fingerprint density at radius 3 is 2.81 bits per heavy atom. The Bertz CT molecular complexity index is 382. The number of hydrogen-bond donors (Lipinski definition) is 1. The van der Waals surface area contributed by atoms with Crippen molar-refractivity contribution in [1.82, 2.24) is 0 Å². The highest BCUT2D eigenvalue weighted by Crippen LogP contribution is 2.21. The first-order valence-corrected chi connectivity index (χ1v) is 5.25. The lowest BCUT2D eigenvalue weighted by molar-refractivity contribution is -0.145. The van der Waals surface area contributed by atoms with Gasteiger partial charge in [0.2, 0.25) is 0 Å². The second kappa shape index (κ2) is 5.70. The molecule has 0 fully saturated rings. The highest BCUT2D eigenvalue weighted by atomic mass is 35.5. The summed E-state index contributed by atoms with van der Waals surface area (Å²) in [5, 5.41) is 3.01. The first-order valence-electron chi connectivity index (χ1n) is 4.87. The molecule has 0 atom stereocenters. The van der Waals surface area contributed by atoms with Crippen LogP contribution in [0, 0.1) is 5.82 Å². The minimum absolute atomic E-state index is 0.00350. The van der Waals surface area contributed by atoms with Crippen molar-refractivity contribution in [3.8, 4) is 0 Å². The Labute approximate surface area is 98.5 Å². The van der Waals surface area contributed by atoms with Crippen molar-refractivity contribution in [2.24, 2.45) is 0 Å². The van der Waals surface area contributed by atoms with Gasteiger partial charge in [-0.25, -0.2) is 4.39 Å². The van der Waals surface area contributed by atoms with Crippen molar-refractivity contribution in [3.05, 3.63) is 29.0 Å². The number of esters is 1. The molecule has 1 aromatic rings. The predicted molar refractivity (Wildman–Crippen MR) is 61.1 cm³/mol. The standard InChI is InChI=1S/C11H13ClFNO2/c1-7(2)16-11(15)6-14-10-4-3-8(13)5-9(10)12/h3-5,7,14H,6H2,1-2H3. The molecule has 88 valence electrons. The SMILES string of the molecule is CC(C)OC(=O)CNc1ccc(F)cc1Cl. The molecule has 0 aliphatic rings. The van der Waals surface area contributed by atoms with Gasteiger partial charge in [-0.2, -0.15) is 0 Å². The van der Waals surface area contributed by atoms with Gasteiger partial charge in [-0.05, 0) is 32.0 Å². The van der Waals surface area contributed by atoms with Crippen LogP contribution in [-0.2, 0) is 9.53 Å². The first-order chi connectivity index (χ1) is 7.49. The summed E-state index contributed by atoms with van der Waals surface area (Å²) < 4.78 is 17.6. The van der Waals surface area contributed by atoms with Gasteiger partial charge < -0.3 is 10.1 Å². The molecule has 0 saturated heterocycles. The molecule has 1 N–H and O–H groups in total. The maximum Gasteiger partial charge on any atom is 0.325 e. The third-order valence-electron chi connectivity index (χ3n) is 1.72. The maximum atomic E-state index is 12.7. The minimum atomic E-state index is -0.416. The Kier molecular flexibility index (Phi) is 4.55. The first kappa shape index (κ1) is 12.8. The Balaban J connectivity index is 2.51. The minimum Gasteiger partial charge on any atom is -0.462 e. The van der Waals surface area contributed by atoms with Gasteiger partial charge in [-0.1, -0.05) is 11.6 Å². The van der Waals surface area contributed by atoms with Gasteiger partial charge in [-0.3, -0.25) is 4.79 Å². The van der Waals surface area contributed by atoms with E-state index in [0.29, 0.717) is 5.69 Å². The van der Waals surface area contributed by atoms with Crippen LogP contribution in [0.1, 0.15) is 13.8 Å². The molecular formula is C11H13ClFNO2. The van der Waals surface area contributed by atoms with Crippen LogP contribution in [-0.4, -0.2) is 18.6 Å². The molecule has 0 aliphatic heterocycles. The third kappa shape index (κ3) is 4.06. The molecule has 0 heterocycles. The second-order valence-electron chi connectivity index (χ2n) is 3.52. The highest BCUT2D eigenvalue weighted by molar-refractivity contribution is 6.33. The van der Waals surface area contributed by atoms with Crippen LogP contribution < -0.4 is 5.32 Å². The van der Waals surface area contributed by atoms with E-state index in [-0.39, 0.29) is 23.6 Å². The molecule has 0 saturated carbocycles. The van der Waals surface area contributed by atoms with E-state index in [2.05, 4.69) is 5.32 Å². The Morgan fingerprint density at radius 1 is 1.56 bits per heavy atom. The van der Waals surface area contributed by atoms with Crippen LogP contribution in [0.5, 0.6) is 0 Å². The number of ether oxygens (including phenoxy) is 1. The molecular weight excluding hydrogens is 233 g/mol. The number of carbonyl (C=O) groups is 1. The molecule has 16 heavy (non-hydrogen) atoms. The van der Waals surface area contributed by atoms with Crippen molar-refractivity contribution in [3.63, 3.8) is 0 Å². The van der Waals surface area contributed by atoms with Gasteiger partial charge in [-0.15, -0.1) is 0 Å². The molecule has 0 unspecified atom stereocenters. The smallest absolute Gasteiger partial charge is 0.325 e. The fraction of sp³-hybridized carbons (Fsp3) is 0.364. The van der Waals surface area contributed by atoms with E-state index < -0.39 is 5.82 Å². The van der Waals surface area contributed by atoms with E-state index in [9.17, 15) is 9.18 Å². The van der Waals surface area contributed by atoms with Gasteiger partial charge in [0.1, 0.15) is 12.4 Å². The highest BCUT2D eigenvalue weighted by Gasteiger charge is 2.07. The average Bonchev–Trinajstić information content (AvgIpc) is 2.15. The summed E-state index contributed by atoms with van der Waals surface area (Å²) >= 11 is 5.76. The fourth-order valence-electron chi connectivity index (χ4n) is 1.10. The summed E-state index contributed by atoms with van der Waals surface area (Å²) in [6.45, 7) is 3.54. The normalized spacial score (nSPS) is 10.3. The molecule has 3 nitrogen and oxygen atoms in total. The quantitative estimate of drug-likeness (QED) is 0.829. The van der Waals surface area contributed by atoms with E-state index in [1.807, 2.05) is 0 Å². The maximum absolute atomic E-state index is 12.7. The van der Waals surface area contributed by atoms with E-state index in [1.165, 1.54) is 18.2 Å². The van der Waals surface area contributed by atoms with Crippen LogP contribution in [0.15, 0.2) is 18.2 Å². The van der Waals surface area contributed by atoms with Crippen molar-refractivity contribution >= 4 is 23.3 Å². The molecule has 1 rings (SSSR count). The summed E-state index contributed by atoms with van der Waals surface area (Å²) in [4.78, 5) is 11.2. The van der Waals surface area contributed by atoms with Gasteiger partial charge in [0.25, 0.3) is 0 Å². The van der Waals surface area contributed by atoms with Crippen LogP contribution in [0.25, 0.3) is 0 Å². The van der Waals surface area contributed by atoms with Crippen molar-refractivity contribution in [2.75, 3.05) is 11.9 Å². The number of benzene rings is 1. The summed E-state index contributed by atoms with van der Waals surface area (Å²) in [6, 6.07) is 3.92. The van der Waals surface area contributed by atoms with Crippen molar-refractivity contribution < 1.29 is 13.9 Å². The number of carbonyl (C=O) groups excluding carboxylic acids is 1. The topological polar surface area (TPSA) is 38.3 Å². The van der Waals surface area contributed by atoms with Crippen LogP contribution in [0.4, 0.5) is 10.1 Å². The fourth-order valence-corrected chi connectivity index (χ4v) is 1.34. The number of hydrogen-bond acceptors (Lipinski definition) is 3. The largest absolute Gasteiger partial charge is 0.462 e. The van der Waals surface area contributed by atoms with Crippen molar-refractivity contribution in [1.29, 1.82) is 0 Å². The lowest BCUT2D eigenvalue weighted by atomic mass is 10.3. The summed E-state index contributed by atoms with van der Waals surface area (Å²) in [7, 11) is 0.